The predicted octanol–water partition coefficient (Wildman–Crippen LogP) is -1.26. The van der Waals surface area contributed by atoms with Crippen molar-refractivity contribution < 1.29 is 16.5 Å². The van der Waals surface area contributed by atoms with Crippen molar-refractivity contribution in [3.05, 3.63) is 0 Å². The van der Waals surface area contributed by atoms with Crippen LogP contribution in [0.1, 0.15) is 0 Å². The number of nitrogens with zero attached hydrogens (tertiary/aromatic N) is 1. The first-order valence-corrected chi connectivity index (χ1v) is 1.27. The van der Waals surface area contributed by atoms with Crippen LogP contribution >= 0.6 is 0 Å². The molecule has 0 saturated carbocycles. The van der Waals surface area contributed by atoms with Gasteiger partial charge in [-0.2, -0.15) is 0 Å². The Labute approximate surface area is 51.4 Å². The maximum atomic E-state index is 6.14. The number of nitrogens with two attached hydrogens (primary N) is 2. The molecule has 0 atom stereocenters. The zero-order chi connectivity index (χ0) is 4.99. The zero-order valence-corrected chi connectivity index (χ0v) is 4.41. The molecule has 5 heteroatoms. The summed E-state index contributed by atoms with van der Waals surface area (Å²) in [5.41, 5.74) is 9.50. The van der Waals surface area contributed by atoms with Crippen molar-refractivity contribution in [1.82, 2.24) is 0 Å². The third kappa shape index (κ3) is 10.8. The van der Waals surface area contributed by atoms with Crippen molar-refractivity contribution >= 4 is 12.3 Å². The van der Waals surface area contributed by atoms with E-state index >= 15 is 0 Å². The Morgan fingerprint density at radius 3 is 2.00 bits per heavy atom. The number of aliphatic imine (C=N–C) groups is 1. The normalized spacial score (nSPS) is 5.71. The molecule has 0 aliphatic heterocycles. The van der Waals surface area contributed by atoms with Crippen LogP contribution in [-0.2, 0) is 16.5 Å². The maximum Gasteiger partial charge on any atom is 0.0330 e. The van der Waals surface area contributed by atoms with E-state index in [4.69, 9.17) is 16.9 Å². The Bertz CT molecular complexity index is 73.8. The van der Waals surface area contributed by atoms with E-state index < -0.39 is 0 Å². The SMILES string of the molecule is N=[C-]N=C(N)N.[Ni]. The van der Waals surface area contributed by atoms with Gasteiger partial charge < -0.3 is 21.9 Å². The van der Waals surface area contributed by atoms with Crippen LogP contribution in [0.4, 0.5) is 0 Å². The maximum absolute atomic E-state index is 6.14. The molecule has 0 aromatic rings. The smallest absolute Gasteiger partial charge is 0.0330 e. The molecule has 0 radical (unpaired) electrons. The molecule has 0 rings (SSSR count). The van der Waals surface area contributed by atoms with Gasteiger partial charge in [0.25, 0.3) is 0 Å². The molecule has 0 aromatic heterocycles. The van der Waals surface area contributed by atoms with Crippen LogP contribution in [0.25, 0.3) is 0 Å². The standard InChI is InChI=1S/C2H5N4.Ni/c3-1-6-2(4)5;/h(H5,3,4,5,6);/q-1;. The summed E-state index contributed by atoms with van der Waals surface area (Å²) in [7, 11) is 0. The summed E-state index contributed by atoms with van der Waals surface area (Å²) in [5.74, 6) is -0.134. The van der Waals surface area contributed by atoms with Gasteiger partial charge in [0.2, 0.25) is 0 Å². The van der Waals surface area contributed by atoms with Gasteiger partial charge in [-0.15, -0.1) is 0 Å². The average Bonchev–Trinajstić information content (AvgIpc) is 1.35. The van der Waals surface area contributed by atoms with E-state index in [0.717, 1.165) is 0 Å². The second-order valence-electron chi connectivity index (χ2n) is 0.648. The number of nitrogens with one attached hydrogen (secondary N) is 1. The number of guanidine groups is 1. The Balaban J connectivity index is 0. The van der Waals surface area contributed by atoms with Gasteiger partial charge in [0.15, 0.2) is 0 Å². The molecule has 0 heterocycles. The van der Waals surface area contributed by atoms with E-state index in [1.165, 1.54) is 0 Å². The number of rotatable bonds is 1. The van der Waals surface area contributed by atoms with E-state index in [9.17, 15) is 0 Å². The average molecular weight is 144 g/mol. The number of hydrogen-bond acceptors (Lipinski definition) is 1. The molecule has 0 aliphatic rings. The van der Waals surface area contributed by atoms with Crippen LogP contribution < -0.4 is 11.5 Å². The van der Waals surface area contributed by atoms with Gasteiger partial charge in [0.1, 0.15) is 0 Å². The first-order valence-electron chi connectivity index (χ1n) is 1.27. The van der Waals surface area contributed by atoms with E-state index in [2.05, 4.69) is 4.99 Å². The molecule has 5 N–H and O–H groups in total. The minimum atomic E-state index is -0.134. The molecule has 0 fully saturated rings. The van der Waals surface area contributed by atoms with Gasteiger partial charge in [0.05, 0.1) is 0 Å². The fourth-order valence-corrected chi connectivity index (χ4v) is 0.0645. The molecule has 0 aliphatic carbocycles. The van der Waals surface area contributed by atoms with Gasteiger partial charge in [-0.25, -0.2) is 0 Å². The van der Waals surface area contributed by atoms with Gasteiger partial charge >= 0.3 is 0 Å². The summed E-state index contributed by atoms with van der Waals surface area (Å²) in [4.78, 5) is 3.01. The summed E-state index contributed by atoms with van der Waals surface area (Å²) in [6.07, 6.45) is 1.66. The summed E-state index contributed by atoms with van der Waals surface area (Å²) >= 11 is 0. The molecule has 0 saturated heterocycles. The van der Waals surface area contributed by atoms with E-state index in [0.29, 0.717) is 0 Å². The van der Waals surface area contributed by atoms with Crippen molar-refractivity contribution in [2.75, 3.05) is 0 Å². The largest absolute Gasteiger partial charge is 0.447 e. The van der Waals surface area contributed by atoms with Gasteiger partial charge in [-0.1, -0.05) is 6.34 Å². The first kappa shape index (κ1) is 9.66. The molecule has 44 valence electrons. The van der Waals surface area contributed by atoms with E-state index in [1.54, 1.807) is 6.34 Å². The van der Waals surface area contributed by atoms with Crippen LogP contribution in [0.3, 0.4) is 0 Å². The second kappa shape index (κ2) is 5.43. The number of hydrogen-bond donors (Lipinski definition) is 3. The molecule has 7 heavy (non-hydrogen) atoms. The van der Waals surface area contributed by atoms with Crippen molar-refractivity contribution in [2.45, 2.75) is 0 Å². The monoisotopic (exact) mass is 143 g/mol. The Hall–Kier alpha value is -0.566. The van der Waals surface area contributed by atoms with Crippen molar-refractivity contribution in [3.8, 4) is 0 Å². The van der Waals surface area contributed by atoms with Gasteiger partial charge in [-0.05, 0) is 0 Å². The summed E-state index contributed by atoms with van der Waals surface area (Å²) in [6, 6.07) is 0. The fraction of sp³-hybridized carbons (Fsp3) is 0. The predicted molar refractivity (Wildman–Crippen MR) is 23.5 cm³/mol. The molecule has 0 unspecified atom stereocenters. The van der Waals surface area contributed by atoms with Crippen molar-refractivity contribution in [2.24, 2.45) is 16.5 Å². The third-order valence-electron chi connectivity index (χ3n) is 0.185. The van der Waals surface area contributed by atoms with Crippen LogP contribution in [-0.4, -0.2) is 12.3 Å². The van der Waals surface area contributed by atoms with Crippen LogP contribution in [0, 0.1) is 5.41 Å². The molecule has 0 bridgehead atoms. The fourth-order valence-electron chi connectivity index (χ4n) is 0.0645. The molecule has 4 nitrogen and oxygen atoms in total. The van der Waals surface area contributed by atoms with E-state index in [-0.39, 0.29) is 22.5 Å². The van der Waals surface area contributed by atoms with Crippen LogP contribution in [0.5, 0.6) is 0 Å². The minimum absolute atomic E-state index is 0. The molecule has 0 spiro atoms. The van der Waals surface area contributed by atoms with Crippen molar-refractivity contribution in [1.29, 1.82) is 5.41 Å². The Kier molecular flexibility index (Phi) is 7.50. The van der Waals surface area contributed by atoms with Gasteiger partial charge in [-0.3, -0.25) is 0 Å². The molecule has 0 aromatic carbocycles. The minimum Gasteiger partial charge on any atom is -0.447 e. The summed E-state index contributed by atoms with van der Waals surface area (Å²) in [6.45, 7) is 0. The topological polar surface area (TPSA) is 88.2 Å². The zero-order valence-electron chi connectivity index (χ0n) is 3.42. The van der Waals surface area contributed by atoms with Crippen LogP contribution in [0.15, 0.2) is 4.99 Å². The van der Waals surface area contributed by atoms with Crippen LogP contribution in [0.2, 0.25) is 0 Å². The third-order valence-corrected chi connectivity index (χ3v) is 0.185. The van der Waals surface area contributed by atoms with E-state index in [1.807, 2.05) is 0 Å². The molecular formula is C2H5N4Ni-. The first-order chi connectivity index (χ1) is 2.77. The van der Waals surface area contributed by atoms with Gasteiger partial charge in [0, 0.05) is 22.5 Å². The Morgan fingerprint density at radius 2 is 2.00 bits per heavy atom. The molecule has 0 amide bonds. The Morgan fingerprint density at radius 1 is 1.57 bits per heavy atom. The van der Waals surface area contributed by atoms with Crippen molar-refractivity contribution in [3.63, 3.8) is 0 Å². The molecular weight excluding hydrogens is 139 g/mol. The summed E-state index contributed by atoms with van der Waals surface area (Å²) < 4.78 is 0. The quantitative estimate of drug-likeness (QED) is 0.185. The second-order valence-corrected chi connectivity index (χ2v) is 0.648. The summed E-state index contributed by atoms with van der Waals surface area (Å²) in [5, 5.41) is 6.14.